The van der Waals surface area contributed by atoms with Crippen LogP contribution in [0.5, 0.6) is 0 Å². The Kier molecular flexibility index (Phi) is 4.19. The van der Waals surface area contributed by atoms with E-state index < -0.39 is 0 Å². The van der Waals surface area contributed by atoms with Gasteiger partial charge >= 0.3 is 0 Å². The van der Waals surface area contributed by atoms with Gasteiger partial charge in [-0.05, 0) is 37.8 Å². The zero-order valence-corrected chi connectivity index (χ0v) is 15.8. The molecular weight excluding hydrogens is 368 g/mol. The maximum absolute atomic E-state index is 12.9. The number of piperidine rings is 1. The molecule has 1 N–H and O–H groups in total. The minimum atomic E-state index is -0.295. The van der Waals surface area contributed by atoms with Crippen molar-refractivity contribution in [2.75, 3.05) is 13.1 Å². The zero-order chi connectivity index (χ0) is 19.8. The van der Waals surface area contributed by atoms with Gasteiger partial charge in [0.2, 0.25) is 0 Å². The lowest BCUT2D eigenvalue weighted by Crippen LogP contribution is -2.48. The normalized spacial score (nSPS) is 20.6. The summed E-state index contributed by atoms with van der Waals surface area (Å²) in [7, 11) is 0. The van der Waals surface area contributed by atoms with Gasteiger partial charge in [0.25, 0.3) is 11.5 Å². The molecule has 2 aliphatic rings. The third-order valence-electron chi connectivity index (χ3n) is 5.95. The summed E-state index contributed by atoms with van der Waals surface area (Å²) in [6, 6.07) is 3.70. The van der Waals surface area contributed by atoms with E-state index in [1.54, 1.807) is 18.6 Å². The Labute approximate surface area is 167 Å². The second-order valence-corrected chi connectivity index (χ2v) is 7.68. The largest absolute Gasteiger partial charge is 0.336 e. The second kappa shape index (κ2) is 6.88. The molecule has 1 spiro atoms. The number of aromatic amines is 1. The van der Waals surface area contributed by atoms with Crippen LogP contribution in [0.25, 0.3) is 11.4 Å². The fourth-order valence-electron chi connectivity index (χ4n) is 4.56. The molecule has 1 unspecified atom stereocenters. The van der Waals surface area contributed by atoms with Crippen LogP contribution in [0.1, 0.15) is 41.0 Å². The fourth-order valence-corrected chi connectivity index (χ4v) is 4.56. The minimum Gasteiger partial charge on any atom is -0.336 e. The highest BCUT2D eigenvalue weighted by Crippen LogP contribution is 2.43. The van der Waals surface area contributed by atoms with E-state index in [0.29, 0.717) is 31.0 Å². The van der Waals surface area contributed by atoms with E-state index in [-0.39, 0.29) is 16.9 Å². The molecular formula is C21H20N6O2. The molecule has 146 valence electrons. The van der Waals surface area contributed by atoms with Gasteiger partial charge in [0.15, 0.2) is 0 Å². The van der Waals surface area contributed by atoms with Gasteiger partial charge < -0.3 is 9.88 Å². The Morgan fingerprint density at radius 1 is 1.14 bits per heavy atom. The van der Waals surface area contributed by atoms with Crippen LogP contribution < -0.4 is 5.56 Å². The van der Waals surface area contributed by atoms with Crippen molar-refractivity contribution in [2.45, 2.75) is 31.1 Å². The van der Waals surface area contributed by atoms with Crippen LogP contribution in [0, 0.1) is 0 Å². The number of likely N-dealkylation sites (tertiary alicyclic amines) is 1. The average molecular weight is 388 g/mol. The quantitative estimate of drug-likeness (QED) is 0.717. The minimum absolute atomic E-state index is 0.0943. The molecule has 0 aromatic carbocycles. The molecule has 3 aromatic heterocycles. The predicted octanol–water partition coefficient (Wildman–Crippen LogP) is 1.74. The van der Waals surface area contributed by atoms with Crippen LogP contribution in [0.4, 0.5) is 0 Å². The van der Waals surface area contributed by atoms with Crippen LogP contribution in [0.15, 0.2) is 47.9 Å². The van der Waals surface area contributed by atoms with Crippen LogP contribution in [0.2, 0.25) is 0 Å². The molecule has 1 fully saturated rings. The van der Waals surface area contributed by atoms with Gasteiger partial charge in [-0.3, -0.25) is 19.6 Å². The van der Waals surface area contributed by atoms with Gasteiger partial charge in [0.05, 0.1) is 11.9 Å². The van der Waals surface area contributed by atoms with E-state index in [0.717, 1.165) is 36.1 Å². The number of hydrogen-bond acceptors (Lipinski definition) is 6. The molecule has 5 rings (SSSR count). The molecule has 29 heavy (non-hydrogen) atoms. The van der Waals surface area contributed by atoms with E-state index in [1.807, 2.05) is 17.0 Å². The molecule has 0 saturated carbocycles. The number of rotatable bonds is 2. The third kappa shape index (κ3) is 3.00. The van der Waals surface area contributed by atoms with Crippen molar-refractivity contribution in [1.82, 2.24) is 29.8 Å². The summed E-state index contributed by atoms with van der Waals surface area (Å²) < 4.78 is 0. The summed E-state index contributed by atoms with van der Waals surface area (Å²) in [4.78, 5) is 47.6. The lowest BCUT2D eigenvalue weighted by atomic mass is 9.77. The molecule has 1 aliphatic heterocycles. The summed E-state index contributed by atoms with van der Waals surface area (Å²) in [5.74, 6) is 0.406. The van der Waals surface area contributed by atoms with Crippen molar-refractivity contribution in [1.29, 1.82) is 0 Å². The summed E-state index contributed by atoms with van der Waals surface area (Å²) >= 11 is 0. The first-order chi connectivity index (χ1) is 14.2. The van der Waals surface area contributed by atoms with Gasteiger partial charge in [-0.15, -0.1) is 0 Å². The Hall–Kier alpha value is -3.42. The summed E-state index contributed by atoms with van der Waals surface area (Å²) in [6.45, 7) is 1.21. The van der Waals surface area contributed by atoms with Crippen LogP contribution in [-0.2, 0) is 11.8 Å². The molecule has 1 atom stereocenters. The Bertz CT molecular complexity index is 1120. The molecule has 4 heterocycles. The molecule has 8 nitrogen and oxygen atoms in total. The van der Waals surface area contributed by atoms with Crippen molar-refractivity contribution in [2.24, 2.45) is 0 Å². The number of nitrogens with zero attached hydrogens (tertiary/aromatic N) is 5. The second-order valence-electron chi connectivity index (χ2n) is 7.68. The van der Waals surface area contributed by atoms with Gasteiger partial charge in [-0.2, -0.15) is 0 Å². The Morgan fingerprint density at radius 2 is 2.03 bits per heavy atom. The number of aromatic nitrogens is 5. The lowest BCUT2D eigenvalue weighted by Gasteiger charge is -2.40. The number of hydrogen-bond donors (Lipinski definition) is 1. The fraction of sp³-hybridized carbons (Fsp3) is 0.333. The molecule has 0 radical (unpaired) electrons. The number of amides is 1. The molecule has 8 heteroatoms. The monoisotopic (exact) mass is 388 g/mol. The smallest absolute Gasteiger partial charge is 0.274 e. The predicted molar refractivity (Wildman–Crippen MR) is 105 cm³/mol. The number of nitrogens with one attached hydrogen (secondary N) is 1. The molecule has 3 aromatic rings. The van der Waals surface area contributed by atoms with Crippen molar-refractivity contribution >= 4 is 5.91 Å². The topological polar surface area (TPSA) is 105 Å². The van der Waals surface area contributed by atoms with Gasteiger partial charge in [-0.25, -0.2) is 9.97 Å². The number of carbonyl (C=O) groups excluding carboxylic acids is 1. The SMILES string of the molecule is O=C(c1cnccn1)N1CCCC2(CCc3c2nc(-c2cccnc2)[nH]c3=O)C1. The standard InChI is InChI=1S/C21H20N6O2/c28-19-15-4-6-21(17(15)25-18(26-19)14-3-1-7-22-11-14)5-2-10-27(13-21)20(29)16-12-23-8-9-24-16/h1,3,7-9,11-12H,2,4-6,10,13H2,(H,25,26,28). The first-order valence-electron chi connectivity index (χ1n) is 9.76. The Morgan fingerprint density at radius 3 is 2.83 bits per heavy atom. The maximum Gasteiger partial charge on any atom is 0.274 e. The van der Waals surface area contributed by atoms with Crippen LogP contribution >= 0.6 is 0 Å². The highest BCUT2D eigenvalue weighted by Gasteiger charge is 2.46. The average Bonchev–Trinajstić information content (AvgIpc) is 3.12. The van der Waals surface area contributed by atoms with Crippen molar-refractivity contribution in [3.05, 3.63) is 70.4 Å². The number of pyridine rings is 1. The van der Waals surface area contributed by atoms with E-state index >= 15 is 0 Å². The Balaban J connectivity index is 1.52. The zero-order valence-electron chi connectivity index (χ0n) is 15.8. The van der Waals surface area contributed by atoms with E-state index in [1.165, 1.54) is 12.4 Å². The molecule has 1 amide bonds. The number of fused-ring (bicyclic) bond motifs is 2. The highest BCUT2D eigenvalue weighted by molar-refractivity contribution is 5.92. The first-order valence-corrected chi connectivity index (χ1v) is 9.76. The molecule has 0 bridgehead atoms. The first kappa shape index (κ1) is 17.7. The van der Waals surface area contributed by atoms with Crippen molar-refractivity contribution in [3.8, 4) is 11.4 Å². The highest BCUT2D eigenvalue weighted by atomic mass is 16.2. The van der Waals surface area contributed by atoms with Crippen LogP contribution in [-0.4, -0.2) is 48.8 Å². The van der Waals surface area contributed by atoms with Gasteiger partial charge in [0.1, 0.15) is 11.5 Å². The lowest BCUT2D eigenvalue weighted by molar-refractivity contribution is 0.0627. The molecule has 1 saturated heterocycles. The summed E-state index contributed by atoms with van der Waals surface area (Å²) in [5.41, 5.74) is 2.30. The van der Waals surface area contributed by atoms with Crippen LogP contribution in [0.3, 0.4) is 0 Å². The van der Waals surface area contributed by atoms with Crippen molar-refractivity contribution < 1.29 is 4.79 Å². The summed E-state index contributed by atoms with van der Waals surface area (Å²) in [6.07, 6.45) is 11.2. The van der Waals surface area contributed by atoms with Gasteiger partial charge in [-0.1, -0.05) is 0 Å². The summed E-state index contributed by atoms with van der Waals surface area (Å²) in [5, 5.41) is 0. The number of H-pyrrole nitrogens is 1. The van der Waals surface area contributed by atoms with Gasteiger partial charge in [0, 0.05) is 54.4 Å². The molecule has 1 aliphatic carbocycles. The number of carbonyl (C=O) groups is 1. The maximum atomic E-state index is 12.9. The van der Waals surface area contributed by atoms with E-state index in [4.69, 9.17) is 4.98 Å². The van der Waals surface area contributed by atoms with E-state index in [9.17, 15) is 9.59 Å². The van der Waals surface area contributed by atoms with Crippen molar-refractivity contribution in [3.63, 3.8) is 0 Å². The third-order valence-corrected chi connectivity index (χ3v) is 5.95. The van der Waals surface area contributed by atoms with E-state index in [2.05, 4.69) is 19.9 Å².